The highest BCUT2D eigenvalue weighted by Crippen LogP contribution is 2.45. The average molecular weight is 441 g/mol. The van der Waals surface area contributed by atoms with E-state index in [4.69, 9.17) is 11.6 Å². The highest BCUT2D eigenvalue weighted by atomic mass is 35.5. The van der Waals surface area contributed by atoms with Crippen molar-refractivity contribution in [3.8, 4) is 0 Å². The highest BCUT2D eigenvalue weighted by Gasteiger charge is 2.36. The van der Waals surface area contributed by atoms with Gasteiger partial charge < -0.3 is 10.2 Å². The Kier molecular flexibility index (Phi) is 5.25. The number of anilines is 1. The van der Waals surface area contributed by atoms with Gasteiger partial charge in [0.1, 0.15) is 5.82 Å². The fraction of sp³-hybridized carbons (Fsp3) is 0.292. The molecule has 0 saturated heterocycles. The highest BCUT2D eigenvalue weighted by molar-refractivity contribution is 7.12. The molecule has 0 bridgehead atoms. The van der Waals surface area contributed by atoms with E-state index in [0.717, 1.165) is 24.8 Å². The summed E-state index contributed by atoms with van der Waals surface area (Å²) in [6, 6.07) is 13.3. The maximum atomic E-state index is 13.6. The SMILES string of the molecule is O=C(Nc1ccc(Cl)cc1)N1CCc2c(sc3c2CCCC3)[C@@H]1c1ccc(F)cc1. The minimum absolute atomic E-state index is 0.149. The number of carbonyl (C=O) groups excluding carboxylic acids is 1. The quantitative estimate of drug-likeness (QED) is 0.478. The van der Waals surface area contributed by atoms with Gasteiger partial charge in [-0.3, -0.25) is 0 Å². The number of hydrogen-bond acceptors (Lipinski definition) is 2. The molecule has 2 heterocycles. The number of hydrogen-bond donors (Lipinski definition) is 1. The van der Waals surface area contributed by atoms with Gasteiger partial charge in [-0.2, -0.15) is 0 Å². The zero-order valence-corrected chi connectivity index (χ0v) is 18.0. The standard InChI is InChI=1S/C24H22ClFN2OS/c25-16-7-11-18(12-8-16)27-24(29)28-14-13-20-19-3-1-2-4-21(19)30-23(20)22(28)15-5-9-17(26)10-6-15/h5-12,22H,1-4,13-14H2,(H,27,29)/t22-/m0/s1. The summed E-state index contributed by atoms with van der Waals surface area (Å²) in [4.78, 5) is 17.9. The van der Waals surface area contributed by atoms with Crippen LogP contribution in [0.5, 0.6) is 0 Å². The first kappa shape index (κ1) is 19.6. The number of halogens is 2. The predicted octanol–water partition coefficient (Wildman–Crippen LogP) is 6.60. The summed E-state index contributed by atoms with van der Waals surface area (Å²) < 4.78 is 13.6. The Morgan fingerprint density at radius 2 is 1.73 bits per heavy atom. The summed E-state index contributed by atoms with van der Waals surface area (Å²) in [6.07, 6.45) is 5.59. The average Bonchev–Trinajstić information content (AvgIpc) is 3.14. The van der Waals surface area contributed by atoms with Crippen molar-refractivity contribution in [1.82, 2.24) is 4.90 Å². The van der Waals surface area contributed by atoms with E-state index in [1.165, 1.54) is 45.9 Å². The molecule has 0 fully saturated rings. The predicted molar refractivity (Wildman–Crippen MR) is 120 cm³/mol. The van der Waals surface area contributed by atoms with Gasteiger partial charge in [0.2, 0.25) is 0 Å². The van der Waals surface area contributed by atoms with Gasteiger partial charge in [-0.15, -0.1) is 11.3 Å². The summed E-state index contributed by atoms with van der Waals surface area (Å²) in [7, 11) is 0. The van der Waals surface area contributed by atoms with Crippen LogP contribution in [0.3, 0.4) is 0 Å². The van der Waals surface area contributed by atoms with Gasteiger partial charge >= 0.3 is 6.03 Å². The summed E-state index contributed by atoms with van der Waals surface area (Å²) in [5.41, 5.74) is 4.58. The third-order valence-electron chi connectivity index (χ3n) is 6.02. The van der Waals surface area contributed by atoms with Gasteiger partial charge in [-0.25, -0.2) is 9.18 Å². The zero-order chi connectivity index (χ0) is 20.7. The first-order valence-electron chi connectivity index (χ1n) is 10.3. The van der Waals surface area contributed by atoms with E-state index in [-0.39, 0.29) is 17.9 Å². The largest absolute Gasteiger partial charge is 0.322 e. The molecule has 1 aliphatic carbocycles. The van der Waals surface area contributed by atoms with Crippen LogP contribution < -0.4 is 5.32 Å². The second-order valence-electron chi connectivity index (χ2n) is 7.89. The molecule has 5 rings (SSSR count). The molecule has 154 valence electrons. The Morgan fingerprint density at radius 3 is 2.50 bits per heavy atom. The van der Waals surface area contributed by atoms with E-state index in [2.05, 4.69) is 5.32 Å². The topological polar surface area (TPSA) is 32.3 Å². The van der Waals surface area contributed by atoms with Gasteiger partial charge in [0.15, 0.2) is 0 Å². The number of fused-ring (bicyclic) bond motifs is 3. The molecule has 0 unspecified atom stereocenters. The number of nitrogens with one attached hydrogen (secondary N) is 1. The van der Waals surface area contributed by atoms with Gasteiger partial charge in [0.25, 0.3) is 0 Å². The zero-order valence-electron chi connectivity index (χ0n) is 16.5. The van der Waals surface area contributed by atoms with E-state index in [1.54, 1.807) is 36.4 Å². The fourth-order valence-electron chi connectivity index (χ4n) is 4.57. The molecule has 3 aromatic rings. The van der Waals surface area contributed by atoms with Crippen LogP contribution in [0.4, 0.5) is 14.9 Å². The van der Waals surface area contributed by atoms with Crippen molar-refractivity contribution >= 4 is 34.7 Å². The van der Waals surface area contributed by atoms with Crippen LogP contribution in [0.25, 0.3) is 0 Å². The number of rotatable bonds is 2. The molecule has 1 aliphatic heterocycles. The number of thiophene rings is 1. The Hall–Kier alpha value is -2.37. The van der Waals surface area contributed by atoms with E-state index in [0.29, 0.717) is 17.3 Å². The van der Waals surface area contributed by atoms with Crippen LogP contribution in [-0.2, 0) is 19.3 Å². The molecular formula is C24H22ClFN2OS. The first-order chi connectivity index (χ1) is 14.6. The Labute approximate surface area is 184 Å². The second-order valence-corrected chi connectivity index (χ2v) is 9.46. The second kappa shape index (κ2) is 8.05. The van der Waals surface area contributed by atoms with Crippen molar-refractivity contribution in [2.75, 3.05) is 11.9 Å². The van der Waals surface area contributed by atoms with E-state index < -0.39 is 0 Å². The molecule has 0 spiro atoms. The Morgan fingerprint density at radius 1 is 1.00 bits per heavy atom. The van der Waals surface area contributed by atoms with Crippen molar-refractivity contribution in [3.05, 3.63) is 85.8 Å². The lowest BCUT2D eigenvalue weighted by Gasteiger charge is -2.36. The summed E-state index contributed by atoms with van der Waals surface area (Å²) in [5, 5.41) is 3.63. The van der Waals surface area contributed by atoms with Crippen LogP contribution in [0.2, 0.25) is 5.02 Å². The molecule has 1 N–H and O–H groups in total. The van der Waals surface area contributed by atoms with E-state index >= 15 is 0 Å². The van der Waals surface area contributed by atoms with Crippen LogP contribution in [0, 0.1) is 5.82 Å². The molecule has 30 heavy (non-hydrogen) atoms. The molecule has 0 saturated carbocycles. The normalized spacial score (nSPS) is 17.9. The van der Waals surface area contributed by atoms with Crippen molar-refractivity contribution in [1.29, 1.82) is 0 Å². The number of urea groups is 1. The molecule has 3 nitrogen and oxygen atoms in total. The van der Waals surface area contributed by atoms with Crippen molar-refractivity contribution < 1.29 is 9.18 Å². The summed E-state index contributed by atoms with van der Waals surface area (Å²) >= 11 is 7.81. The lowest BCUT2D eigenvalue weighted by molar-refractivity contribution is 0.195. The first-order valence-corrected chi connectivity index (χ1v) is 11.5. The Balaban J connectivity index is 1.53. The molecular weight excluding hydrogens is 419 g/mol. The molecule has 2 amide bonds. The lowest BCUT2D eigenvalue weighted by atomic mass is 9.88. The third kappa shape index (κ3) is 3.61. The molecule has 0 radical (unpaired) electrons. The summed E-state index contributed by atoms with van der Waals surface area (Å²) in [6.45, 7) is 0.637. The van der Waals surface area contributed by atoms with Gasteiger partial charge in [0.05, 0.1) is 6.04 Å². The number of amides is 2. The van der Waals surface area contributed by atoms with Gasteiger partial charge in [0, 0.05) is 27.0 Å². The minimum Gasteiger partial charge on any atom is -0.312 e. The van der Waals surface area contributed by atoms with Crippen molar-refractivity contribution in [2.24, 2.45) is 0 Å². The molecule has 2 aliphatic rings. The van der Waals surface area contributed by atoms with Crippen LogP contribution in [0.1, 0.15) is 45.3 Å². The summed E-state index contributed by atoms with van der Waals surface area (Å²) in [5.74, 6) is -0.266. The number of carbonyl (C=O) groups is 1. The number of aryl methyl sites for hydroxylation is 1. The smallest absolute Gasteiger partial charge is 0.312 e. The van der Waals surface area contributed by atoms with Crippen LogP contribution in [-0.4, -0.2) is 17.5 Å². The van der Waals surface area contributed by atoms with Gasteiger partial charge in [-0.1, -0.05) is 23.7 Å². The molecule has 1 aromatic heterocycles. The van der Waals surface area contributed by atoms with Crippen LogP contribution >= 0.6 is 22.9 Å². The molecule has 2 aromatic carbocycles. The van der Waals surface area contributed by atoms with E-state index in [9.17, 15) is 9.18 Å². The van der Waals surface area contributed by atoms with Crippen molar-refractivity contribution in [2.45, 2.75) is 38.1 Å². The fourth-order valence-corrected chi connectivity index (χ4v) is 6.28. The Bertz CT molecular complexity index is 1080. The lowest BCUT2D eigenvalue weighted by Crippen LogP contribution is -2.42. The third-order valence-corrected chi connectivity index (χ3v) is 7.66. The maximum absolute atomic E-state index is 13.6. The van der Waals surface area contributed by atoms with E-state index in [1.807, 2.05) is 16.2 Å². The molecule has 6 heteroatoms. The maximum Gasteiger partial charge on any atom is 0.322 e. The number of nitrogens with zero attached hydrogens (tertiary/aromatic N) is 1. The monoisotopic (exact) mass is 440 g/mol. The van der Waals surface area contributed by atoms with Gasteiger partial charge in [-0.05, 0) is 85.2 Å². The minimum atomic E-state index is -0.266. The van der Waals surface area contributed by atoms with Crippen LogP contribution in [0.15, 0.2) is 48.5 Å². The van der Waals surface area contributed by atoms with Crippen molar-refractivity contribution in [3.63, 3.8) is 0 Å². The number of benzene rings is 2. The molecule has 1 atom stereocenters.